The van der Waals surface area contributed by atoms with E-state index in [1.165, 1.54) is 0 Å². The van der Waals surface area contributed by atoms with E-state index in [4.69, 9.17) is 9.40 Å². The van der Waals surface area contributed by atoms with Gasteiger partial charge in [0, 0.05) is 62.5 Å². The fraction of sp³-hybridized carbons (Fsp3) is 0.366. The fourth-order valence-electron chi connectivity index (χ4n) is 7.76. The number of piperazine rings is 1. The number of nitrogens with zero attached hydrogens (tertiary/aromatic N) is 7. The summed E-state index contributed by atoms with van der Waals surface area (Å²) < 4.78 is 7.30. The molecule has 2 fully saturated rings. The standard InChI is InChI=1S/C41H44N10O6/c52-34-17-16-32(39(54)46-34)51-40(55)30-9-6-10-31(36(30)41(51)56)42-18-5-3-1-2-4-11-35(53)49-21-19-48(20-22-49)28-14-12-27(13-15-28)37-38-47-45-26-50(38)33(25-44-37)43-24-29-8-7-23-57-29/h6-10,12-15,23,25-26,32,42-43H,1-5,11,16-22,24H2,(H,46,52,54). The van der Waals surface area contributed by atoms with Crippen molar-refractivity contribution in [2.45, 2.75) is 64.0 Å². The molecule has 16 heteroatoms. The van der Waals surface area contributed by atoms with Crippen molar-refractivity contribution in [3.05, 3.63) is 90.3 Å². The van der Waals surface area contributed by atoms with E-state index >= 15 is 0 Å². The first-order valence-corrected chi connectivity index (χ1v) is 19.5. The van der Waals surface area contributed by atoms with Crippen molar-refractivity contribution in [2.24, 2.45) is 0 Å². The molecular formula is C41H44N10O6. The van der Waals surface area contributed by atoms with Crippen LogP contribution < -0.4 is 20.9 Å². The fourth-order valence-corrected chi connectivity index (χ4v) is 7.76. The molecule has 0 bridgehead atoms. The zero-order valence-corrected chi connectivity index (χ0v) is 31.5. The summed E-state index contributed by atoms with van der Waals surface area (Å²) in [6.45, 7) is 4.03. The van der Waals surface area contributed by atoms with Crippen molar-refractivity contribution in [3.8, 4) is 11.3 Å². The van der Waals surface area contributed by atoms with Crippen LogP contribution in [0.3, 0.4) is 0 Å². The van der Waals surface area contributed by atoms with E-state index in [-0.39, 0.29) is 29.9 Å². The van der Waals surface area contributed by atoms with Gasteiger partial charge in [0.05, 0.1) is 30.1 Å². The van der Waals surface area contributed by atoms with Crippen LogP contribution in [0.15, 0.2) is 77.8 Å². The molecule has 0 saturated carbocycles. The van der Waals surface area contributed by atoms with E-state index in [1.807, 2.05) is 33.6 Å². The van der Waals surface area contributed by atoms with Crippen LogP contribution in [0.25, 0.3) is 16.9 Å². The molecular weight excluding hydrogens is 729 g/mol. The number of rotatable bonds is 15. The number of anilines is 3. The van der Waals surface area contributed by atoms with Gasteiger partial charge in [-0.05, 0) is 55.7 Å². The lowest BCUT2D eigenvalue weighted by Crippen LogP contribution is -2.54. The summed E-state index contributed by atoms with van der Waals surface area (Å²) >= 11 is 0. The Kier molecular flexibility index (Phi) is 10.9. The number of piperidine rings is 1. The van der Waals surface area contributed by atoms with Crippen molar-refractivity contribution >= 4 is 52.4 Å². The number of fused-ring (bicyclic) bond motifs is 2. The number of hydrogen-bond donors (Lipinski definition) is 3. The summed E-state index contributed by atoms with van der Waals surface area (Å²) in [7, 11) is 0. The number of nitrogens with one attached hydrogen (secondary N) is 3. The maximum atomic E-state index is 13.3. The molecule has 1 unspecified atom stereocenters. The van der Waals surface area contributed by atoms with E-state index in [2.05, 4.69) is 43.2 Å². The molecule has 2 saturated heterocycles. The van der Waals surface area contributed by atoms with E-state index in [9.17, 15) is 24.0 Å². The lowest BCUT2D eigenvalue weighted by atomic mass is 10.0. The number of hydrogen-bond acceptors (Lipinski definition) is 12. The highest BCUT2D eigenvalue weighted by molar-refractivity contribution is 6.25. The maximum absolute atomic E-state index is 13.3. The van der Waals surface area contributed by atoms with Crippen molar-refractivity contribution in [2.75, 3.05) is 48.3 Å². The third-order valence-corrected chi connectivity index (χ3v) is 10.8. The number of carbonyl (C=O) groups excluding carboxylic acids is 5. The van der Waals surface area contributed by atoms with Gasteiger partial charge in [-0.3, -0.25) is 38.6 Å². The SMILES string of the molecule is O=C1CCC(N2C(=O)c3cccc(NCCCCCCCC(=O)N4CCN(c5ccc(-c6ncc(NCc7ccco7)n7cnnc67)cc5)CC4)c3C2=O)C(=O)N1. The molecule has 3 aliphatic heterocycles. The van der Waals surface area contributed by atoms with Crippen molar-refractivity contribution in [1.29, 1.82) is 0 Å². The summed E-state index contributed by atoms with van der Waals surface area (Å²) in [6.07, 6.45) is 10.4. The smallest absolute Gasteiger partial charge is 0.264 e. The maximum Gasteiger partial charge on any atom is 0.264 e. The Morgan fingerprint density at radius 1 is 0.877 bits per heavy atom. The molecule has 5 aromatic rings. The van der Waals surface area contributed by atoms with E-state index in [0.29, 0.717) is 43.9 Å². The predicted molar refractivity (Wildman–Crippen MR) is 210 cm³/mol. The molecule has 5 amide bonds. The van der Waals surface area contributed by atoms with Crippen molar-refractivity contribution in [3.63, 3.8) is 0 Å². The van der Waals surface area contributed by atoms with Gasteiger partial charge in [-0.1, -0.05) is 37.5 Å². The Labute approximate surface area is 328 Å². The third kappa shape index (κ3) is 7.92. The summed E-state index contributed by atoms with van der Waals surface area (Å²) in [6, 6.07) is 16.1. The molecule has 0 aliphatic carbocycles. The number of amides is 5. The largest absolute Gasteiger partial charge is 0.467 e. The molecule has 294 valence electrons. The monoisotopic (exact) mass is 772 g/mol. The molecule has 57 heavy (non-hydrogen) atoms. The highest BCUT2D eigenvalue weighted by Gasteiger charge is 2.45. The minimum atomic E-state index is -0.992. The topological polar surface area (TPSA) is 187 Å². The molecule has 2 aromatic carbocycles. The zero-order chi connectivity index (χ0) is 39.3. The normalized spacial score (nSPS) is 17.0. The van der Waals surface area contributed by atoms with Gasteiger partial charge in [0.2, 0.25) is 17.7 Å². The van der Waals surface area contributed by atoms with Gasteiger partial charge >= 0.3 is 0 Å². The first kappa shape index (κ1) is 37.3. The number of carbonyl (C=O) groups is 5. The molecule has 8 rings (SSSR count). The van der Waals surface area contributed by atoms with Gasteiger partial charge in [0.1, 0.15) is 29.6 Å². The third-order valence-electron chi connectivity index (χ3n) is 10.8. The summed E-state index contributed by atoms with van der Waals surface area (Å²) in [5, 5.41) is 17.3. The molecule has 0 radical (unpaired) electrons. The van der Waals surface area contributed by atoms with Crippen molar-refractivity contribution < 1.29 is 28.4 Å². The van der Waals surface area contributed by atoms with Gasteiger partial charge < -0.3 is 24.9 Å². The molecule has 0 spiro atoms. The first-order chi connectivity index (χ1) is 27.9. The molecule has 1 atom stereocenters. The van der Waals surface area contributed by atoms with Gasteiger partial charge in [-0.15, -0.1) is 10.2 Å². The van der Waals surface area contributed by atoms with E-state index < -0.39 is 29.7 Å². The Bertz CT molecular complexity index is 2280. The Morgan fingerprint density at radius 3 is 2.47 bits per heavy atom. The van der Waals surface area contributed by atoms with E-state index in [0.717, 1.165) is 78.6 Å². The van der Waals surface area contributed by atoms with Crippen LogP contribution in [0.1, 0.15) is 77.8 Å². The second-order valence-corrected chi connectivity index (χ2v) is 14.5. The highest BCUT2D eigenvalue weighted by Crippen LogP contribution is 2.33. The van der Waals surface area contributed by atoms with Gasteiger partial charge in [0.25, 0.3) is 11.8 Å². The Hall–Kier alpha value is -6.58. The minimum Gasteiger partial charge on any atom is -0.467 e. The van der Waals surface area contributed by atoms with Gasteiger partial charge in [0.15, 0.2) is 5.65 Å². The number of furan rings is 1. The lowest BCUT2D eigenvalue weighted by Gasteiger charge is -2.36. The molecule has 6 heterocycles. The van der Waals surface area contributed by atoms with Crippen LogP contribution in [-0.2, 0) is 20.9 Å². The summed E-state index contributed by atoms with van der Waals surface area (Å²) in [5.74, 6) is -0.288. The summed E-state index contributed by atoms with van der Waals surface area (Å²) in [4.78, 5) is 73.3. The Balaban J connectivity index is 0.735. The van der Waals surface area contributed by atoms with Crippen LogP contribution in [0, 0.1) is 0 Å². The molecule has 16 nitrogen and oxygen atoms in total. The minimum absolute atomic E-state index is 0.0790. The predicted octanol–water partition coefficient (Wildman–Crippen LogP) is 4.50. The molecule has 3 aliphatic rings. The molecule has 3 aromatic heterocycles. The Morgan fingerprint density at radius 2 is 1.68 bits per heavy atom. The van der Waals surface area contributed by atoms with Crippen LogP contribution in [0.4, 0.5) is 17.2 Å². The number of unbranched alkanes of at least 4 members (excludes halogenated alkanes) is 4. The quantitative estimate of drug-likeness (QED) is 0.100. The van der Waals surface area contributed by atoms with E-state index in [1.54, 1.807) is 37.0 Å². The number of imide groups is 2. The van der Waals surface area contributed by atoms with Gasteiger partial charge in [-0.2, -0.15) is 0 Å². The molecule has 3 N–H and O–H groups in total. The number of benzene rings is 2. The van der Waals surface area contributed by atoms with Crippen LogP contribution in [0.5, 0.6) is 0 Å². The van der Waals surface area contributed by atoms with Crippen LogP contribution in [0.2, 0.25) is 0 Å². The first-order valence-electron chi connectivity index (χ1n) is 19.5. The van der Waals surface area contributed by atoms with Crippen molar-refractivity contribution in [1.82, 2.24) is 34.7 Å². The second kappa shape index (κ2) is 16.6. The second-order valence-electron chi connectivity index (χ2n) is 14.5. The van der Waals surface area contributed by atoms with Crippen LogP contribution >= 0.6 is 0 Å². The number of aromatic nitrogens is 4. The highest BCUT2D eigenvalue weighted by atomic mass is 16.3. The van der Waals surface area contributed by atoms with Crippen LogP contribution in [-0.4, -0.2) is 97.7 Å². The average molecular weight is 773 g/mol. The average Bonchev–Trinajstić information content (AvgIpc) is 4.00. The lowest BCUT2D eigenvalue weighted by molar-refractivity contribution is -0.136. The zero-order valence-electron chi connectivity index (χ0n) is 31.5. The summed E-state index contributed by atoms with van der Waals surface area (Å²) in [5.41, 5.74) is 4.52. The van der Waals surface area contributed by atoms with Gasteiger partial charge in [-0.25, -0.2) is 4.98 Å².